The molecule has 0 spiro atoms. The summed E-state index contributed by atoms with van der Waals surface area (Å²) in [5.74, 6) is -1.34. The molecule has 11 heteroatoms. The molecule has 0 saturated heterocycles. The van der Waals surface area contributed by atoms with Gasteiger partial charge in [0.25, 0.3) is 0 Å². The summed E-state index contributed by atoms with van der Waals surface area (Å²) in [5, 5.41) is 11.8. The van der Waals surface area contributed by atoms with Crippen molar-refractivity contribution in [2.75, 3.05) is 0 Å². The number of hydrogen-bond donors (Lipinski definition) is 1. The minimum absolute atomic E-state index is 0.115. The first kappa shape index (κ1) is 21.3. The second kappa shape index (κ2) is 7.96. The molecule has 0 fully saturated rings. The van der Waals surface area contributed by atoms with E-state index in [0.717, 1.165) is 35.2 Å². The Balaban J connectivity index is 1.88. The van der Waals surface area contributed by atoms with Crippen LogP contribution in [0.25, 0.3) is 22.2 Å². The van der Waals surface area contributed by atoms with Crippen LogP contribution in [0.4, 0.5) is 13.2 Å². The van der Waals surface area contributed by atoms with Gasteiger partial charge < -0.3 is 5.11 Å². The van der Waals surface area contributed by atoms with E-state index in [9.17, 15) is 18.3 Å². The summed E-state index contributed by atoms with van der Waals surface area (Å²) in [4.78, 5) is 7.33. The van der Waals surface area contributed by atoms with Gasteiger partial charge in [0.15, 0.2) is 0 Å². The van der Waals surface area contributed by atoms with Crippen LogP contribution in [-0.2, 0) is 6.18 Å². The molecule has 0 unspecified atom stereocenters. The van der Waals surface area contributed by atoms with Crippen molar-refractivity contribution >= 4 is 62.0 Å². The Bertz CT molecular complexity index is 1260. The second-order valence-electron chi connectivity index (χ2n) is 6.15. The molecule has 1 N–H and O–H groups in total. The third-order valence-corrected chi connectivity index (χ3v) is 6.17. The average molecular weight is 535 g/mol. The van der Waals surface area contributed by atoms with Crippen LogP contribution in [0.5, 0.6) is 5.75 Å². The lowest BCUT2D eigenvalue weighted by Gasteiger charge is -2.12. The van der Waals surface area contributed by atoms with Crippen molar-refractivity contribution in [2.24, 2.45) is 0 Å². The van der Waals surface area contributed by atoms with E-state index in [-0.39, 0.29) is 10.8 Å². The van der Waals surface area contributed by atoms with Crippen molar-refractivity contribution in [3.8, 4) is 17.0 Å². The molecule has 0 radical (unpaired) electrons. The fraction of sp³-hybridized carbons (Fsp3) is 0.0526. The predicted molar refractivity (Wildman–Crippen MR) is 115 cm³/mol. The Kier molecular flexibility index (Phi) is 5.65. The summed E-state index contributed by atoms with van der Waals surface area (Å²) >= 11 is 16.6. The summed E-state index contributed by atoms with van der Waals surface area (Å²) in [7, 11) is 0. The predicted octanol–water partition coefficient (Wildman–Crippen LogP) is 7.45. The summed E-state index contributed by atoms with van der Waals surface area (Å²) in [6, 6.07) is 10.2. The van der Waals surface area contributed by atoms with Crippen molar-refractivity contribution in [1.29, 1.82) is 0 Å². The van der Waals surface area contributed by atoms with Gasteiger partial charge in [-0.3, -0.25) is 3.97 Å². The van der Waals surface area contributed by atoms with E-state index in [4.69, 9.17) is 23.2 Å². The van der Waals surface area contributed by atoms with E-state index >= 15 is 0 Å². The Labute approximate surface area is 190 Å². The number of nitrogens with zero attached hydrogens (tertiary/aromatic N) is 3. The Hall–Kier alpha value is -1.94. The fourth-order valence-electron chi connectivity index (χ4n) is 2.78. The maximum atomic E-state index is 12.8. The number of halogens is 6. The highest BCUT2D eigenvalue weighted by Crippen LogP contribution is 2.42. The Morgan fingerprint density at radius 1 is 1.03 bits per heavy atom. The number of rotatable bonds is 3. The van der Waals surface area contributed by atoms with E-state index in [1.165, 1.54) is 0 Å². The van der Waals surface area contributed by atoms with E-state index in [2.05, 4.69) is 25.9 Å². The zero-order valence-electron chi connectivity index (χ0n) is 14.6. The first-order chi connectivity index (χ1) is 14.1. The van der Waals surface area contributed by atoms with Gasteiger partial charge in [0, 0.05) is 32.8 Å². The van der Waals surface area contributed by atoms with Gasteiger partial charge in [0.2, 0.25) is 5.82 Å². The van der Waals surface area contributed by atoms with Crippen LogP contribution in [-0.4, -0.2) is 19.0 Å². The summed E-state index contributed by atoms with van der Waals surface area (Å²) in [5.41, 5.74) is 1.62. The topological polar surface area (TPSA) is 50.9 Å². The molecule has 4 nitrogen and oxygen atoms in total. The van der Waals surface area contributed by atoms with Crippen molar-refractivity contribution in [3.05, 3.63) is 69.1 Å². The molecular formula is C19H9BrCl2F3N3OS. The molecule has 0 atom stereocenters. The fourth-order valence-corrected chi connectivity index (χ4v) is 5.07. The van der Waals surface area contributed by atoms with E-state index in [1.807, 2.05) is 0 Å². The molecule has 4 rings (SSSR count). The minimum Gasteiger partial charge on any atom is -0.505 e. The molecule has 0 saturated carbocycles. The number of fused-ring (bicyclic) bond motifs is 1. The van der Waals surface area contributed by atoms with Gasteiger partial charge in [-0.2, -0.15) is 13.2 Å². The van der Waals surface area contributed by atoms with Crippen LogP contribution >= 0.6 is 51.1 Å². The van der Waals surface area contributed by atoms with Crippen molar-refractivity contribution in [1.82, 2.24) is 13.9 Å². The quantitative estimate of drug-likeness (QED) is 0.296. The van der Waals surface area contributed by atoms with E-state index in [0.29, 0.717) is 25.6 Å². The second-order valence-corrected chi connectivity index (χ2v) is 8.89. The van der Waals surface area contributed by atoms with Crippen LogP contribution < -0.4 is 0 Å². The highest BCUT2D eigenvalue weighted by atomic mass is 79.9. The van der Waals surface area contributed by atoms with Gasteiger partial charge in [-0.15, -0.1) is 0 Å². The first-order valence-electron chi connectivity index (χ1n) is 8.20. The summed E-state index contributed by atoms with van der Waals surface area (Å²) in [6.07, 6.45) is -2.42. The van der Waals surface area contributed by atoms with Gasteiger partial charge in [0.05, 0.1) is 21.1 Å². The number of phenols is 1. The van der Waals surface area contributed by atoms with Gasteiger partial charge in [-0.25, -0.2) is 9.97 Å². The third kappa shape index (κ3) is 4.12. The molecule has 30 heavy (non-hydrogen) atoms. The van der Waals surface area contributed by atoms with Gasteiger partial charge >= 0.3 is 6.18 Å². The SMILES string of the molecule is Oc1c(Cl)cc(Br)cc1Sn1c(-c2cnc(C(F)(F)F)nc2)cc2cc(Cl)ccc21. The molecule has 2 aromatic heterocycles. The molecule has 4 aromatic rings. The van der Waals surface area contributed by atoms with Crippen LogP contribution in [0.2, 0.25) is 10.0 Å². The van der Waals surface area contributed by atoms with Crippen LogP contribution in [0.15, 0.2) is 58.2 Å². The van der Waals surface area contributed by atoms with Gasteiger partial charge in [-0.05, 0) is 48.3 Å². The number of alkyl halides is 3. The highest BCUT2D eigenvalue weighted by molar-refractivity contribution is 9.10. The lowest BCUT2D eigenvalue weighted by molar-refractivity contribution is -0.144. The molecule has 2 heterocycles. The monoisotopic (exact) mass is 533 g/mol. The maximum Gasteiger partial charge on any atom is 0.451 e. The molecule has 0 aliphatic heterocycles. The van der Waals surface area contributed by atoms with Crippen LogP contribution in [0.3, 0.4) is 0 Å². The standard InChI is InChI=1S/C19H9BrCl2F3N3OS/c20-11-5-13(22)17(29)16(6-11)30-28-14-2-1-12(21)3-9(14)4-15(28)10-7-26-18(27-8-10)19(23,24)25/h1-8,29H. The highest BCUT2D eigenvalue weighted by Gasteiger charge is 2.34. The number of aromatic nitrogens is 3. The van der Waals surface area contributed by atoms with E-state index in [1.54, 1.807) is 40.4 Å². The Morgan fingerprint density at radius 3 is 2.40 bits per heavy atom. The lowest BCUT2D eigenvalue weighted by atomic mass is 10.2. The average Bonchev–Trinajstić information content (AvgIpc) is 3.02. The van der Waals surface area contributed by atoms with E-state index < -0.39 is 12.0 Å². The molecule has 0 aliphatic carbocycles. The van der Waals surface area contributed by atoms with Gasteiger partial charge in [0.1, 0.15) is 5.75 Å². The third-order valence-electron chi connectivity index (χ3n) is 4.10. The molecular weight excluding hydrogens is 526 g/mol. The molecule has 0 amide bonds. The smallest absolute Gasteiger partial charge is 0.451 e. The van der Waals surface area contributed by atoms with Crippen LogP contribution in [0, 0.1) is 0 Å². The number of hydrogen-bond acceptors (Lipinski definition) is 4. The maximum absolute atomic E-state index is 12.8. The number of aromatic hydroxyl groups is 1. The van der Waals surface area contributed by atoms with Crippen LogP contribution in [0.1, 0.15) is 5.82 Å². The van der Waals surface area contributed by atoms with Crippen molar-refractivity contribution < 1.29 is 18.3 Å². The first-order valence-corrected chi connectivity index (χ1v) is 10.5. The number of phenolic OH excluding ortho intramolecular Hbond substituents is 1. The Morgan fingerprint density at radius 2 is 1.73 bits per heavy atom. The zero-order chi connectivity index (χ0) is 21.6. The number of benzene rings is 2. The molecule has 2 aromatic carbocycles. The minimum atomic E-state index is -4.63. The lowest BCUT2D eigenvalue weighted by Crippen LogP contribution is -2.10. The summed E-state index contributed by atoms with van der Waals surface area (Å²) in [6.45, 7) is 0. The molecule has 0 aliphatic rings. The van der Waals surface area contributed by atoms with Crippen molar-refractivity contribution in [2.45, 2.75) is 11.1 Å². The normalized spacial score (nSPS) is 11.9. The zero-order valence-corrected chi connectivity index (χ0v) is 18.5. The molecule has 154 valence electrons. The molecule has 0 bridgehead atoms. The van der Waals surface area contributed by atoms with Crippen molar-refractivity contribution in [3.63, 3.8) is 0 Å². The summed E-state index contributed by atoms with van der Waals surface area (Å²) < 4.78 is 40.9. The largest absolute Gasteiger partial charge is 0.505 e. The van der Waals surface area contributed by atoms with Gasteiger partial charge in [-0.1, -0.05) is 39.1 Å².